The standard InChI is InChI=1S/C10H13.C4H10O.ClH.Mg/c1-10(2,3)9-7-5-4-6-8-9;1-3-5-4-2;;/h4-8H,1H2,2-3H3;3-4H2,1-2H3;1H;/q;;;+1/p-1. The van der Waals surface area contributed by atoms with Crippen molar-refractivity contribution in [1.29, 1.82) is 0 Å². The van der Waals surface area contributed by atoms with Crippen LogP contribution in [0.15, 0.2) is 30.3 Å². The van der Waals surface area contributed by atoms with Crippen LogP contribution in [-0.4, -0.2) is 34.9 Å². The normalized spacial score (nSPS) is 10.0. The van der Waals surface area contributed by atoms with Gasteiger partial charge >= 0.3 is 81.4 Å². The molecule has 3 heteroatoms. The van der Waals surface area contributed by atoms with Crippen LogP contribution in [0.1, 0.15) is 33.3 Å². The molecule has 0 atom stereocenters. The summed E-state index contributed by atoms with van der Waals surface area (Å²) >= 11 is 2.04. The minimum atomic E-state index is 0. The Bertz CT molecular complexity index is 260. The van der Waals surface area contributed by atoms with Crippen molar-refractivity contribution in [3.05, 3.63) is 35.9 Å². The zero-order chi connectivity index (χ0) is 12.4. The Morgan fingerprint density at radius 1 is 1.06 bits per heavy atom. The first kappa shape index (κ1) is 19.6. The van der Waals surface area contributed by atoms with Crippen LogP contribution in [0.5, 0.6) is 0 Å². The monoisotopic (exact) mass is 266 g/mol. The second kappa shape index (κ2) is 11.3. The second-order valence-corrected chi connectivity index (χ2v) is 4.78. The van der Waals surface area contributed by atoms with E-state index in [1.807, 2.05) is 35.6 Å². The molecule has 0 fully saturated rings. The van der Waals surface area contributed by atoms with E-state index in [0.717, 1.165) is 13.2 Å². The zero-order valence-electron chi connectivity index (χ0n) is 11.5. The van der Waals surface area contributed by atoms with E-state index in [2.05, 4.69) is 44.2 Å². The van der Waals surface area contributed by atoms with Gasteiger partial charge in [0.15, 0.2) is 0 Å². The number of benzene rings is 1. The van der Waals surface area contributed by atoms with Crippen LogP contribution in [0.2, 0.25) is 4.55 Å². The van der Waals surface area contributed by atoms with Crippen molar-refractivity contribution in [2.24, 2.45) is 0 Å². The van der Waals surface area contributed by atoms with Gasteiger partial charge in [0.1, 0.15) is 0 Å². The van der Waals surface area contributed by atoms with E-state index >= 15 is 0 Å². The fourth-order valence-electron chi connectivity index (χ4n) is 1.24. The maximum absolute atomic E-state index is 4.83. The van der Waals surface area contributed by atoms with Crippen LogP contribution >= 0.6 is 0 Å². The van der Waals surface area contributed by atoms with Crippen molar-refractivity contribution in [2.75, 3.05) is 13.2 Å². The van der Waals surface area contributed by atoms with E-state index in [0.29, 0.717) is 5.41 Å². The molecule has 0 radical (unpaired) electrons. The summed E-state index contributed by atoms with van der Waals surface area (Å²) in [5.41, 5.74) is 1.79. The first-order valence-electron chi connectivity index (χ1n) is 6.01. The SMILES string of the molecule is CC(C)([CH2][Mg+])c1ccccc1.CCOCC.[Cl-]. The van der Waals surface area contributed by atoms with Crippen molar-refractivity contribution < 1.29 is 17.1 Å². The zero-order valence-corrected chi connectivity index (χ0v) is 13.7. The molecule has 0 amide bonds. The number of hydrogen-bond acceptors (Lipinski definition) is 1. The summed E-state index contributed by atoms with van der Waals surface area (Å²) in [5, 5.41) is 0. The molecular formula is C14H23ClMgO. The molecule has 1 aromatic rings. The van der Waals surface area contributed by atoms with Crippen LogP contribution in [0.3, 0.4) is 0 Å². The van der Waals surface area contributed by atoms with Gasteiger partial charge in [0.2, 0.25) is 0 Å². The summed E-state index contributed by atoms with van der Waals surface area (Å²) in [6, 6.07) is 10.7. The van der Waals surface area contributed by atoms with Gasteiger partial charge in [0.25, 0.3) is 0 Å². The van der Waals surface area contributed by atoms with Gasteiger partial charge in [-0.25, -0.2) is 0 Å². The third-order valence-electron chi connectivity index (χ3n) is 2.59. The molecule has 0 saturated carbocycles. The first-order valence-corrected chi connectivity index (χ1v) is 7.01. The second-order valence-electron chi connectivity index (χ2n) is 4.28. The van der Waals surface area contributed by atoms with Gasteiger partial charge in [-0.3, -0.25) is 0 Å². The molecule has 0 heterocycles. The predicted molar refractivity (Wildman–Crippen MR) is 72.2 cm³/mol. The van der Waals surface area contributed by atoms with E-state index in [1.54, 1.807) is 0 Å². The Kier molecular flexibility index (Phi) is 13.0. The van der Waals surface area contributed by atoms with Gasteiger partial charge in [-0.1, -0.05) is 0 Å². The first-order chi connectivity index (χ1) is 7.58. The summed E-state index contributed by atoms with van der Waals surface area (Å²) in [7, 11) is 0. The number of hydrogen-bond donors (Lipinski definition) is 0. The third kappa shape index (κ3) is 8.89. The maximum Gasteiger partial charge on any atom is 0.0437 e. The summed E-state index contributed by atoms with van der Waals surface area (Å²) in [4.78, 5) is 0. The Hall–Kier alpha value is 0.236. The van der Waals surface area contributed by atoms with E-state index in [9.17, 15) is 0 Å². The summed E-state index contributed by atoms with van der Waals surface area (Å²) in [6.45, 7) is 10.2. The fraction of sp³-hybridized carbons (Fsp3) is 0.571. The smallest absolute Gasteiger partial charge is 0.0437 e. The van der Waals surface area contributed by atoms with E-state index in [-0.39, 0.29) is 12.4 Å². The van der Waals surface area contributed by atoms with Crippen LogP contribution in [-0.2, 0) is 10.2 Å². The van der Waals surface area contributed by atoms with Crippen LogP contribution < -0.4 is 12.4 Å². The molecule has 0 aromatic heterocycles. The molecule has 0 spiro atoms. The number of rotatable bonds is 4. The van der Waals surface area contributed by atoms with Gasteiger partial charge in [-0.05, 0) is 13.8 Å². The van der Waals surface area contributed by atoms with E-state index in [1.165, 1.54) is 10.1 Å². The molecule has 0 aliphatic rings. The average Bonchev–Trinajstić information content (AvgIpc) is 2.32. The Balaban J connectivity index is 0. The van der Waals surface area contributed by atoms with Crippen molar-refractivity contribution in [1.82, 2.24) is 0 Å². The van der Waals surface area contributed by atoms with Crippen molar-refractivity contribution in [3.8, 4) is 0 Å². The van der Waals surface area contributed by atoms with Crippen LogP contribution in [0, 0.1) is 0 Å². The Morgan fingerprint density at radius 2 is 1.53 bits per heavy atom. The summed E-state index contributed by atoms with van der Waals surface area (Å²) in [6.07, 6.45) is 0. The van der Waals surface area contributed by atoms with Gasteiger partial charge in [-0.2, -0.15) is 0 Å². The largest absolute Gasteiger partial charge is 1.00 e. The summed E-state index contributed by atoms with van der Waals surface area (Å²) < 4.78 is 6.05. The van der Waals surface area contributed by atoms with Gasteiger partial charge < -0.3 is 17.1 Å². The molecule has 1 aromatic carbocycles. The molecule has 0 N–H and O–H groups in total. The number of ether oxygens (including phenoxy) is 1. The predicted octanol–water partition coefficient (Wildman–Crippen LogP) is 0.598. The minimum Gasteiger partial charge on any atom is -1.00 e. The van der Waals surface area contributed by atoms with Crippen molar-refractivity contribution in [3.63, 3.8) is 0 Å². The molecule has 0 aliphatic carbocycles. The van der Waals surface area contributed by atoms with Gasteiger partial charge in [-0.15, -0.1) is 0 Å². The molecule has 17 heavy (non-hydrogen) atoms. The minimum absolute atomic E-state index is 0. The molecule has 0 saturated heterocycles. The van der Waals surface area contributed by atoms with Crippen molar-refractivity contribution in [2.45, 2.75) is 37.7 Å². The van der Waals surface area contributed by atoms with Crippen LogP contribution in [0.25, 0.3) is 0 Å². The molecular weight excluding hydrogens is 244 g/mol. The molecule has 1 nitrogen and oxygen atoms in total. The average molecular weight is 267 g/mol. The Morgan fingerprint density at radius 3 is 1.82 bits per heavy atom. The van der Waals surface area contributed by atoms with Gasteiger partial charge in [0.05, 0.1) is 0 Å². The van der Waals surface area contributed by atoms with Gasteiger partial charge in [0, 0.05) is 13.2 Å². The molecule has 1 rings (SSSR count). The number of halogens is 1. The topological polar surface area (TPSA) is 9.23 Å². The fourth-order valence-corrected chi connectivity index (χ4v) is 1.53. The molecule has 0 aliphatic heterocycles. The molecule has 94 valence electrons. The maximum atomic E-state index is 4.83. The van der Waals surface area contributed by atoms with E-state index < -0.39 is 0 Å². The Labute approximate surface area is 125 Å². The quantitative estimate of drug-likeness (QED) is 0.726. The molecule has 0 bridgehead atoms. The van der Waals surface area contributed by atoms with E-state index in [4.69, 9.17) is 4.74 Å². The van der Waals surface area contributed by atoms with Crippen molar-refractivity contribution >= 4 is 21.7 Å². The third-order valence-corrected chi connectivity index (χ3v) is 3.84. The van der Waals surface area contributed by atoms with Crippen LogP contribution in [0.4, 0.5) is 0 Å². The molecule has 0 unspecified atom stereocenters. The summed E-state index contributed by atoms with van der Waals surface area (Å²) in [5.74, 6) is 0.